The Morgan fingerprint density at radius 1 is 1.31 bits per heavy atom. The number of nitrogens with two attached hydrogens (primary N) is 2. The lowest BCUT2D eigenvalue weighted by Gasteiger charge is -2.08. The van der Waals surface area contributed by atoms with Crippen LogP contribution in [-0.2, 0) is 6.54 Å². The first-order valence-electron chi connectivity index (χ1n) is 7.86. The van der Waals surface area contributed by atoms with Crippen molar-refractivity contribution in [3.63, 3.8) is 0 Å². The number of aromatic amines is 1. The van der Waals surface area contributed by atoms with Crippen LogP contribution in [0.3, 0.4) is 0 Å². The van der Waals surface area contributed by atoms with Crippen molar-refractivity contribution in [2.24, 2.45) is 16.5 Å². The maximum Gasteiger partial charge on any atom is 0.296 e. The summed E-state index contributed by atoms with van der Waals surface area (Å²) in [5.41, 5.74) is 13.0. The summed E-state index contributed by atoms with van der Waals surface area (Å²) < 4.78 is 5.95. The van der Waals surface area contributed by atoms with E-state index in [4.69, 9.17) is 27.8 Å². The standard InChI is InChI=1S/C18H18ClN5O2/c1-22-18(21)24-17(25)14-8-12-13(19)5-6-15(16(12)23-14)26-11-4-2-3-10(7-11)9-20/h2-8,23H,9,20H2,1H3,(H3,21,22,24,25). The predicted octanol–water partition coefficient (Wildman–Crippen LogP) is 2.75. The first kappa shape index (κ1) is 17.8. The van der Waals surface area contributed by atoms with Gasteiger partial charge in [-0.25, -0.2) is 0 Å². The quantitative estimate of drug-likeness (QED) is 0.415. The molecule has 8 heteroatoms. The van der Waals surface area contributed by atoms with Gasteiger partial charge in [0.25, 0.3) is 5.91 Å². The van der Waals surface area contributed by atoms with Gasteiger partial charge in [0, 0.05) is 19.0 Å². The lowest BCUT2D eigenvalue weighted by Crippen LogP contribution is -2.28. The summed E-state index contributed by atoms with van der Waals surface area (Å²) in [5, 5.41) is 3.74. The molecule has 26 heavy (non-hydrogen) atoms. The van der Waals surface area contributed by atoms with Crippen LogP contribution in [0.25, 0.3) is 10.9 Å². The molecule has 0 aliphatic carbocycles. The topological polar surface area (TPSA) is 119 Å². The summed E-state index contributed by atoms with van der Waals surface area (Å²) in [5.74, 6) is 0.676. The Labute approximate surface area is 155 Å². The van der Waals surface area contributed by atoms with Crippen molar-refractivity contribution in [1.82, 2.24) is 10.3 Å². The smallest absolute Gasteiger partial charge is 0.296 e. The van der Waals surface area contributed by atoms with Gasteiger partial charge in [-0.2, -0.15) is 4.99 Å². The molecule has 0 unspecified atom stereocenters. The van der Waals surface area contributed by atoms with Crippen LogP contribution in [0.2, 0.25) is 5.02 Å². The van der Waals surface area contributed by atoms with E-state index in [-0.39, 0.29) is 11.7 Å². The van der Waals surface area contributed by atoms with Crippen LogP contribution in [0, 0.1) is 0 Å². The molecular weight excluding hydrogens is 354 g/mol. The van der Waals surface area contributed by atoms with Crippen molar-refractivity contribution in [3.8, 4) is 11.5 Å². The number of nitrogens with one attached hydrogen (secondary N) is 2. The highest BCUT2D eigenvalue weighted by atomic mass is 35.5. The Balaban J connectivity index is 2.01. The minimum atomic E-state index is -0.514. The third-order valence-electron chi connectivity index (χ3n) is 3.77. The number of amides is 1. The molecule has 0 radical (unpaired) electrons. The second kappa shape index (κ2) is 7.47. The van der Waals surface area contributed by atoms with E-state index in [2.05, 4.69) is 15.3 Å². The van der Waals surface area contributed by atoms with E-state index in [1.807, 2.05) is 24.3 Å². The number of carbonyl (C=O) groups excluding carboxylic acids is 1. The Bertz CT molecular complexity index is 996. The van der Waals surface area contributed by atoms with E-state index in [0.29, 0.717) is 34.0 Å². The molecule has 0 atom stereocenters. The molecule has 1 amide bonds. The maximum atomic E-state index is 12.2. The highest BCUT2D eigenvalue weighted by Crippen LogP contribution is 2.34. The molecule has 2 aromatic carbocycles. The Kier molecular flexibility index (Phi) is 5.11. The van der Waals surface area contributed by atoms with Crippen LogP contribution in [0.4, 0.5) is 0 Å². The van der Waals surface area contributed by atoms with Crippen LogP contribution in [0.5, 0.6) is 11.5 Å². The van der Waals surface area contributed by atoms with E-state index < -0.39 is 5.91 Å². The largest absolute Gasteiger partial charge is 0.455 e. The van der Waals surface area contributed by atoms with E-state index in [9.17, 15) is 4.79 Å². The number of aliphatic imine (C=N–C) groups is 1. The molecule has 3 rings (SSSR count). The molecule has 6 N–H and O–H groups in total. The lowest BCUT2D eigenvalue weighted by molar-refractivity contribution is 0.0998. The van der Waals surface area contributed by atoms with Gasteiger partial charge in [0.15, 0.2) is 11.7 Å². The Morgan fingerprint density at radius 3 is 2.85 bits per heavy atom. The molecule has 1 aromatic heterocycles. The SMILES string of the molecule is CNC(N)=NC(=O)c1cc2c(Cl)ccc(Oc3cccc(CN)c3)c2[nH]1. The van der Waals surface area contributed by atoms with Gasteiger partial charge in [0.1, 0.15) is 11.4 Å². The van der Waals surface area contributed by atoms with Gasteiger partial charge in [-0.3, -0.25) is 4.79 Å². The summed E-state index contributed by atoms with van der Waals surface area (Å²) in [6, 6.07) is 12.5. The zero-order valence-electron chi connectivity index (χ0n) is 14.0. The van der Waals surface area contributed by atoms with Crippen molar-refractivity contribution < 1.29 is 9.53 Å². The number of benzene rings is 2. The minimum Gasteiger partial charge on any atom is -0.455 e. The van der Waals surface area contributed by atoms with Gasteiger partial charge in [0.05, 0.1) is 10.5 Å². The predicted molar refractivity (Wildman–Crippen MR) is 103 cm³/mol. The molecule has 0 aliphatic heterocycles. The van der Waals surface area contributed by atoms with E-state index >= 15 is 0 Å². The van der Waals surface area contributed by atoms with Crippen LogP contribution >= 0.6 is 11.6 Å². The number of ether oxygens (including phenoxy) is 1. The van der Waals surface area contributed by atoms with Crippen molar-refractivity contribution in [1.29, 1.82) is 0 Å². The normalized spacial score (nSPS) is 11.6. The van der Waals surface area contributed by atoms with Crippen molar-refractivity contribution in [3.05, 3.63) is 58.7 Å². The summed E-state index contributed by atoms with van der Waals surface area (Å²) >= 11 is 6.25. The fourth-order valence-electron chi connectivity index (χ4n) is 2.45. The second-order valence-corrected chi connectivity index (χ2v) is 5.93. The molecule has 0 aliphatic rings. The van der Waals surface area contributed by atoms with Crippen LogP contribution in [-0.4, -0.2) is 23.9 Å². The average Bonchev–Trinajstić information content (AvgIpc) is 3.11. The fraction of sp³-hybridized carbons (Fsp3) is 0.111. The molecule has 7 nitrogen and oxygen atoms in total. The molecule has 0 fully saturated rings. The summed E-state index contributed by atoms with van der Waals surface area (Å²) in [4.78, 5) is 19.0. The number of hydrogen-bond donors (Lipinski definition) is 4. The van der Waals surface area contributed by atoms with Gasteiger partial charge in [-0.1, -0.05) is 23.7 Å². The summed E-state index contributed by atoms with van der Waals surface area (Å²) in [6.45, 7) is 0.416. The molecule has 3 aromatic rings. The molecular formula is C18H18ClN5O2. The van der Waals surface area contributed by atoms with Crippen LogP contribution in [0.15, 0.2) is 47.5 Å². The molecule has 0 spiro atoms. The summed E-state index contributed by atoms with van der Waals surface area (Å²) in [6.07, 6.45) is 0. The third kappa shape index (κ3) is 3.63. The number of guanidine groups is 1. The van der Waals surface area contributed by atoms with Gasteiger partial charge < -0.3 is 26.5 Å². The zero-order valence-corrected chi connectivity index (χ0v) is 14.8. The lowest BCUT2D eigenvalue weighted by atomic mass is 10.2. The number of carbonyl (C=O) groups is 1. The molecule has 1 heterocycles. The van der Waals surface area contributed by atoms with Crippen molar-refractivity contribution in [2.45, 2.75) is 6.54 Å². The number of hydrogen-bond acceptors (Lipinski definition) is 3. The van der Waals surface area contributed by atoms with Gasteiger partial charge >= 0.3 is 0 Å². The van der Waals surface area contributed by atoms with E-state index in [1.165, 1.54) is 0 Å². The third-order valence-corrected chi connectivity index (χ3v) is 4.10. The number of H-pyrrole nitrogens is 1. The number of aromatic nitrogens is 1. The molecule has 0 saturated heterocycles. The molecule has 134 valence electrons. The Morgan fingerprint density at radius 2 is 2.12 bits per heavy atom. The molecule has 0 bridgehead atoms. The number of halogens is 1. The minimum absolute atomic E-state index is 0.0230. The number of fused-ring (bicyclic) bond motifs is 1. The second-order valence-electron chi connectivity index (χ2n) is 5.52. The van der Waals surface area contributed by atoms with Gasteiger partial charge in [0.2, 0.25) is 0 Å². The van der Waals surface area contributed by atoms with Gasteiger partial charge in [-0.15, -0.1) is 0 Å². The van der Waals surface area contributed by atoms with Crippen molar-refractivity contribution in [2.75, 3.05) is 7.05 Å². The number of nitrogens with zero attached hydrogens (tertiary/aromatic N) is 1. The summed E-state index contributed by atoms with van der Waals surface area (Å²) in [7, 11) is 1.58. The fourth-order valence-corrected chi connectivity index (χ4v) is 2.66. The first-order valence-corrected chi connectivity index (χ1v) is 8.24. The van der Waals surface area contributed by atoms with E-state index in [1.54, 1.807) is 25.2 Å². The van der Waals surface area contributed by atoms with E-state index in [0.717, 1.165) is 5.56 Å². The van der Waals surface area contributed by atoms with Crippen LogP contribution < -0.4 is 21.5 Å². The maximum absolute atomic E-state index is 12.2. The Hall–Kier alpha value is -3.03. The highest BCUT2D eigenvalue weighted by molar-refractivity contribution is 6.35. The van der Waals surface area contributed by atoms with Crippen LogP contribution in [0.1, 0.15) is 16.1 Å². The first-order chi connectivity index (χ1) is 12.5. The highest BCUT2D eigenvalue weighted by Gasteiger charge is 2.15. The van der Waals surface area contributed by atoms with Crippen molar-refractivity contribution >= 4 is 34.4 Å². The zero-order chi connectivity index (χ0) is 18.7. The molecule has 0 saturated carbocycles. The average molecular weight is 372 g/mol. The monoisotopic (exact) mass is 371 g/mol. The number of rotatable bonds is 4. The van der Waals surface area contributed by atoms with Gasteiger partial charge in [-0.05, 0) is 35.9 Å².